The number of hydrogen-bond acceptors (Lipinski definition) is 3. The Labute approximate surface area is 64.0 Å². The lowest BCUT2D eigenvalue weighted by molar-refractivity contribution is -0.434. The molecule has 1 unspecified atom stereocenters. The third-order valence-electron chi connectivity index (χ3n) is 1.67. The molecule has 1 aliphatic rings. The van der Waals surface area contributed by atoms with E-state index in [9.17, 15) is 10.1 Å². The summed E-state index contributed by atoms with van der Waals surface area (Å²) >= 11 is 0. The molecule has 4 heteroatoms. The van der Waals surface area contributed by atoms with Crippen molar-refractivity contribution >= 4 is 0 Å². The molecule has 60 valence electrons. The average molecular weight is 155 g/mol. The van der Waals surface area contributed by atoms with Gasteiger partial charge in [0.25, 0.3) is 5.70 Å². The highest BCUT2D eigenvalue weighted by molar-refractivity contribution is 5.15. The average Bonchev–Trinajstić information content (AvgIpc) is 2.04. The highest BCUT2D eigenvalue weighted by atomic mass is 16.6. The molecule has 0 aromatic rings. The van der Waals surface area contributed by atoms with E-state index in [4.69, 9.17) is 5.11 Å². The summed E-state index contributed by atoms with van der Waals surface area (Å²) in [6, 6.07) is 0. The van der Waals surface area contributed by atoms with Crippen molar-refractivity contribution in [3.8, 4) is 0 Å². The first kappa shape index (κ1) is 7.94. The number of nitro groups is 1. The van der Waals surface area contributed by atoms with Crippen molar-refractivity contribution < 1.29 is 10.0 Å². The SMILES string of the molecule is O=[N+]([O-])C1=CC=CCC1CO. The standard InChI is InChI=1S/C7H9NO3/c9-5-6-3-1-2-4-7(6)8(10)11/h1-2,4,6,9H,3,5H2. The highest BCUT2D eigenvalue weighted by Gasteiger charge is 2.23. The summed E-state index contributed by atoms with van der Waals surface area (Å²) in [4.78, 5) is 9.88. The zero-order valence-corrected chi connectivity index (χ0v) is 5.93. The van der Waals surface area contributed by atoms with Crippen LogP contribution in [0.2, 0.25) is 0 Å². The second-order valence-corrected chi connectivity index (χ2v) is 2.39. The van der Waals surface area contributed by atoms with Crippen molar-refractivity contribution in [3.05, 3.63) is 34.0 Å². The maximum atomic E-state index is 10.3. The van der Waals surface area contributed by atoms with Gasteiger partial charge in [-0.25, -0.2) is 0 Å². The minimum absolute atomic E-state index is 0.106. The molecule has 0 bridgehead atoms. The maximum Gasteiger partial charge on any atom is 0.251 e. The number of allylic oxidation sites excluding steroid dienone is 3. The predicted octanol–water partition coefficient (Wildman–Crippen LogP) is 0.715. The van der Waals surface area contributed by atoms with Crippen molar-refractivity contribution in [1.29, 1.82) is 0 Å². The minimum atomic E-state index is -0.440. The summed E-state index contributed by atoms with van der Waals surface area (Å²) in [6.07, 6.45) is 5.45. The van der Waals surface area contributed by atoms with Crippen LogP contribution in [0.3, 0.4) is 0 Å². The Morgan fingerprint density at radius 3 is 3.00 bits per heavy atom. The van der Waals surface area contributed by atoms with Crippen molar-refractivity contribution in [2.45, 2.75) is 6.42 Å². The van der Waals surface area contributed by atoms with Crippen LogP contribution in [0.4, 0.5) is 0 Å². The number of aliphatic hydroxyl groups excluding tert-OH is 1. The number of hydrogen-bond donors (Lipinski definition) is 1. The lowest BCUT2D eigenvalue weighted by Gasteiger charge is -2.10. The van der Waals surface area contributed by atoms with Crippen LogP contribution in [0.1, 0.15) is 6.42 Å². The first-order valence-electron chi connectivity index (χ1n) is 3.37. The van der Waals surface area contributed by atoms with Crippen LogP contribution < -0.4 is 0 Å². The fraction of sp³-hybridized carbons (Fsp3) is 0.429. The van der Waals surface area contributed by atoms with Gasteiger partial charge in [-0.2, -0.15) is 0 Å². The molecule has 0 heterocycles. The molecule has 11 heavy (non-hydrogen) atoms. The van der Waals surface area contributed by atoms with E-state index in [0.29, 0.717) is 6.42 Å². The summed E-state index contributed by atoms with van der Waals surface area (Å²) in [5, 5.41) is 19.0. The van der Waals surface area contributed by atoms with E-state index in [1.165, 1.54) is 6.08 Å². The highest BCUT2D eigenvalue weighted by Crippen LogP contribution is 2.19. The van der Waals surface area contributed by atoms with E-state index in [2.05, 4.69) is 0 Å². The van der Waals surface area contributed by atoms with E-state index in [0.717, 1.165) is 0 Å². The Morgan fingerprint density at radius 2 is 2.55 bits per heavy atom. The monoisotopic (exact) mass is 155 g/mol. The van der Waals surface area contributed by atoms with E-state index < -0.39 is 4.92 Å². The third-order valence-corrected chi connectivity index (χ3v) is 1.67. The van der Waals surface area contributed by atoms with Crippen LogP contribution in [0.15, 0.2) is 23.9 Å². The van der Waals surface area contributed by atoms with Gasteiger partial charge in [-0.05, 0) is 6.42 Å². The normalized spacial score (nSPS) is 23.0. The second kappa shape index (κ2) is 3.30. The molecule has 4 nitrogen and oxygen atoms in total. The van der Waals surface area contributed by atoms with Crippen LogP contribution in [0, 0.1) is 16.0 Å². The largest absolute Gasteiger partial charge is 0.395 e. The molecule has 1 atom stereocenters. The summed E-state index contributed by atoms with van der Waals surface area (Å²) in [5.41, 5.74) is 0.106. The van der Waals surface area contributed by atoms with Crippen LogP contribution >= 0.6 is 0 Å². The van der Waals surface area contributed by atoms with Crippen molar-refractivity contribution in [2.75, 3.05) is 6.61 Å². The zero-order valence-electron chi connectivity index (χ0n) is 5.93. The molecule has 0 saturated heterocycles. The maximum absolute atomic E-state index is 10.3. The van der Waals surface area contributed by atoms with Gasteiger partial charge in [0.15, 0.2) is 0 Å². The van der Waals surface area contributed by atoms with Gasteiger partial charge in [-0.1, -0.05) is 12.2 Å². The molecule has 0 aliphatic heterocycles. The Balaban J connectivity index is 2.78. The lowest BCUT2D eigenvalue weighted by atomic mass is 9.98. The van der Waals surface area contributed by atoms with Gasteiger partial charge in [0.1, 0.15) is 0 Å². The molecular weight excluding hydrogens is 146 g/mol. The first-order valence-corrected chi connectivity index (χ1v) is 3.37. The van der Waals surface area contributed by atoms with Gasteiger partial charge >= 0.3 is 0 Å². The fourth-order valence-electron chi connectivity index (χ4n) is 1.04. The van der Waals surface area contributed by atoms with E-state index in [1.54, 1.807) is 6.08 Å². The van der Waals surface area contributed by atoms with Gasteiger partial charge in [0, 0.05) is 6.08 Å². The van der Waals surface area contributed by atoms with Crippen LogP contribution in [-0.4, -0.2) is 16.6 Å². The van der Waals surface area contributed by atoms with Gasteiger partial charge in [0.2, 0.25) is 0 Å². The smallest absolute Gasteiger partial charge is 0.251 e. The molecule has 0 spiro atoms. The lowest BCUT2D eigenvalue weighted by Crippen LogP contribution is -2.16. The number of nitrogens with zero attached hydrogens (tertiary/aromatic N) is 1. The molecule has 0 fully saturated rings. The molecule has 0 radical (unpaired) electrons. The number of aliphatic hydroxyl groups is 1. The molecule has 0 saturated carbocycles. The van der Waals surface area contributed by atoms with Crippen molar-refractivity contribution in [1.82, 2.24) is 0 Å². The summed E-state index contributed by atoms with van der Waals surface area (Å²) < 4.78 is 0. The molecule has 1 N–H and O–H groups in total. The van der Waals surface area contributed by atoms with Crippen molar-refractivity contribution in [3.63, 3.8) is 0 Å². The van der Waals surface area contributed by atoms with E-state index >= 15 is 0 Å². The Kier molecular flexibility index (Phi) is 2.38. The molecule has 0 amide bonds. The third kappa shape index (κ3) is 1.65. The van der Waals surface area contributed by atoms with Gasteiger partial charge in [-0.15, -0.1) is 0 Å². The van der Waals surface area contributed by atoms with E-state index in [-0.39, 0.29) is 18.2 Å². The predicted molar refractivity (Wildman–Crippen MR) is 39.4 cm³/mol. The first-order chi connectivity index (χ1) is 5.25. The molecule has 1 aliphatic carbocycles. The second-order valence-electron chi connectivity index (χ2n) is 2.39. The zero-order chi connectivity index (χ0) is 8.27. The fourth-order valence-corrected chi connectivity index (χ4v) is 1.04. The van der Waals surface area contributed by atoms with Gasteiger partial charge < -0.3 is 5.11 Å². The molecule has 1 rings (SSSR count). The quantitative estimate of drug-likeness (QED) is 0.472. The number of rotatable bonds is 2. The van der Waals surface area contributed by atoms with E-state index in [1.807, 2.05) is 6.08 Å². The Bertz CT molecular complexity index is 220. The molecule has 0 aromatic carbocycles. The Morgan fingerprint density at radius 1 is 1.82 bits per heavy atom. The minimum Gasteiger partial charge on any atom is -0.395 e. The van der Waals surface area contributed by atoms with Gasteiger partial charge in [-0.3, -0.25) is 10.1 Å². The molecule has 0 aromatic heterocycles. The molecular formula is C7H9NO3. The van der Waals surface area contributed by atoms with Crippen LogP contribution in [0.5, 0.6) is 0 Å². The van der Waals surface area contributed by atoms with Gasteiger partial charge in [0.05, 0.1) is 17.4 Å². The van der Waals surface area contributed by atoms with Crippen molar-refractivity contribution in [2.24, 2.45) is 5.92 Å². The topological polar surface area (TPSA) is 63.4 Å². The van der Waals surface area contributed by atoms with Crippen LogP contribution in [0.25, 0.3) is 0 Å². The summed E-state index contributed by atoms with van der Waals surface area (Å²) in [5.74, 6) is -0.324. The summed E-state index contributed by atoms with van der Waals surface area (Å²) in [7, 11) is 0. The van der Waals surface area contributed by atoms with Crippen LogP contribution in [-0.2, 0) is 0 Å². The summed E-state index contributed by atoms with van der Waals surface area (Å²) in [6.45, 7) is -0.156. The Hall–Kier alpha value is -1.16.